The Morgan fingerprint density at radius 2 is 1.24 bits per heavy atom. The lowest BCUT2D eigenvalue weighted by atomic mass is 9.83. The molecule has 1 aromatic rings. The van der Waals surface area contributed by atoms with Crippen LogP contribution in [0.4, 0.5) is 0 Å². The third-order valence-corrected chi connectivity index (χ3v) is 13.4. The molecule has 336 valence electrons. The predicted molar refractivity (Wildman–Crippen MR) is 231 cm³/mol. The van der Waals surface area contributed by atoms with Crippen molar-refractivity contribution < 1.29 is 47.6 Å². The molecule has 1 heterocycles. The van der Waals surface area contributed by atoms with Crippen LogP contribution in [0, 0.1) is 23.2 Å². The van der Waals surface area contributed by atoms with Crippen LogP contribution >= 0.6 is 23.5 Å². The second-order valence-electron chi connectivity index (χ2n) is 18.1. The summed E-state index contributed by atoms with van der Waals surface area (Å²) in [5, 5.41) is 8.47. The van der Waals surface area contributed by atoms with Crippen LogP contribution in [0.15, 0.2) is 6.20 Å². The van der Waals surface area contributed by atoms with Crippen molar-refractivity contribution >= 4 is 47.4 Å². The topological polar surface area (TPSA) is 158 Å². The Morgan fingerprint density at radius 3 is 1.72 bits per heavy atom. The van der Waals surface area contributed by atoms with Gasteiger partial charge < -0.3 is 28.4 Å². The number of thioether (sulfide) groups is 2. The number of methoxy groups -OCH3 is 1. The summed E-state index contributed by atoms with van der Waals surface area (Å²) in [6.07, 6.45) is 2.93. The number of carbonyl (C=O) groups excluding carboxylic acids is 4. The largest absolute Gasteiger partial charge is 0.462 e. The molecular weight excluding hydrogens is 785 g/mol. The highest BCUT2D eigenvalue weighted by Crippen LogP contribution is 2.42. The van der Waals surface area contributed by atoms with E-state index in [1.165, 1.54) is 0 Å². The minimum absolute atomic E-state index is 0.0163. The predicted octanol–water partition coefficient (Wildman–Crippen LogP) is 6.86. The van der Waals surface area contributed by atoms with E-state index in [9.17, 15) is 19.2 Å². The average molecular weight is 861 g/mol. The van der Waals surface area contributed by atoms with Gasteiger partial charge in [-0.25, -0.2) is 4.68 Å². The zero-order chi connectivity index (χ0) is 44.2. The van der Waals surface area contributed by atoms with Gasteiger partial charge in [-0.05, 0) is 31.6 Å². The summed E-state index contributed by atoms with van der Waals surface area (Å²) in [5.41, 5.74) is 0.329. The maximum Gasteiger partial charge on any atom is 0.309 e. The summed E-state index contributed by atoms with van der Waals surface area (Å²) in [6.45, 7) is 29.3. The van der Waals surface area contributed by atoms with E-state index in [0.717, 1.165) is 6.42 Å². The molecule has 58 heavy (non-hydrogen) atoms. The van der Waals surface area contributed by atoms with Crippen LogP contribution in [0.1, 0.15) is 115 Å². The molecular formula is C42H76N4O10S2. The van der Waals surface area contributed by atoms with E-state index >= 15 is 0 Å². The first-order valence-corrected chi connectivity index (χ1v) is 22.5. The Bertz CT molecular complexity index is 1380. The number of aromatic nitrogens is 3. The number of hydrogen-bond acceptors (Lipinski definition) is 15. The van der Waals surface area contributed by atoms with Crippen LogP contribution in [0.2, 0.25) is 0 Å². The standard InChI is InChI=1S/C42H76N4O10S2/c1-31(2)25-41(10,11)57-28-32(3)37(49)55-23-21-53-35(47)15-17-45(26-34-27-46(44-43-34)19-20-52-30-40(8,9)51-14)18-16-36(48)54-22-24-56-38(50)33(4)29-58-42(12,13)39(5,6)7/h27,31-33H,15-26,28-30H2,1-14H3. The normalized spacial score (nSPS) is 13.7. The van der Waals surface area contributed by atoms with E-state index in [1.54, 1.807) is 41.5 Å². The molecule has 0 bridgehead atoms. The third-order valence-electron chi connectivity index (χ3n) is 9.81. The summed E-state index contributed by atoms with van der Waals surface area (Å²) >= 11 is 3.50. The van der Waals surface area contributed by atoms with Crippen molar-refractivity contribution in [3.05, 3.63) is 11.9 Å². The number of rotatable bonds is 30. The molecule has 0 saturated heterocycles. The second-order valence-corrected chi connectivity index (χ2v) is 21.5. The van der Waals surface area contributed by atoms with Crippen molar-refractivity contribution in [1.29, 1.82) is 0 Å². The SMILES string of the molecule is COC(C)(C)COCCn1cc(CN(CCC(=O)OCCOC(=O)C(C)CSC(C)(C)CC(C)C)CCC(=O)OCCOC(=O)C(C)CSC(C)(C)C(C)(C)C)nn1. The van der Waals surface area contributed by atoms with E-state index in [-0.39, 0.29) is 91.0 Å². The van der Waals surface area contributed by atoms with E-state index < -0.39 is 17.5 Å². The molecule has 0 spiro atoms. The molecule has 0 aliphatic carbocycles. The molecule has 1 aromatic heterocycles. The van der Waals surface area contributed by atoms with E-state index in [0.29, 0.717) is 49.4 Å². The highest BCUT2D eigenvalue weighted by Gasteiger charge is 2.34. The van der Waals surface area contributed by atoms with Gasteiger partial charge in [0, 0.05) is 53.9 Å². The fourth-order valence-electron chi connectivity index (χ4n) is 5.16. The lowest BCUT2D eigenvalue weighted by Crippen LogP contribution is -2.34. The van der Waals surface area contributed by atoms with E-state index in [4.69, 9.17) is 28.4 Å². The molecule has 2 unspecified atom stereocenters. The Labute approximate surface area is 357 Å². The summed E-state index contributed by atoms with van der Waals surface area (Å²) < 4.78 is 34.3. The van der Waals surface area contributed by atoms with Gasteiger partial charge >= 0.3 is 23.9 Å². The lowest BCUT2D eigenvalue weighted by molar-refractivity contribution is -0.154. The number of nitrogens with zero attached hydrogens (tertiary/aromatic N) is 4. The maximum absolute atomic E-state index is 12.7. The van der Waals surface area contributed by atoms with Crippen molar-refractivity contribution in [3.63, 3.8) is 0 Å². The van der Waals surface area contributed by atoms with Crippen LogP contribution in [0.3, 0.4) is 0 Å². The molecule has 0 aliphatic heterocycles. The summed E-state index contributed by atoms with van der Waals surface area (Å²) in [4.78, 5) is 52.4. The van der Waals surface area contributed by atoms with Crippen molar-refractivity contribution in [3.8, 4) is 0 Å². The molecule has 0 fully saturated rings. The smallest absolute Gasteiger partial charge is 0.309 e. The number of carbonyl (C=O) groups is 4. The van der Waals surface area contributed by atoms with Crippen molar-refractivity contribution in [2.45, 2.75) is 137 Å². The first-order valence-electron chi connectivity index (χ1n) is 20.5. The third kappa shape index (κ3) is 23.4. The van der Waals surface area contributed by atoms with Crippen molar-refractivity contribution in [2.24, 2.45) is 23.2 Å². The zero-order valence-electron chi connectivity index (χ0n) is 38.1. The van der Waals surface area contributed by atoms with Crippen molar-refractivity contribution in [1.82, 2.24) is 19.9 Å². The molecule has 0 aliphatic rings. The Balaban J connectivity index is 2.64. The Kier molecular flexibility index (Phi) is 24.1. The summed E-state index contributed by atoms with van der Waals surface area (Å²) in [7, 11) is 1.64. The van der Waals surface area contributed by atoms with E-state index in [1.807, 2.05) is 32.6 Å². The minimum Gasteiger partial charge on any atom is -0.462 e. The number of esters is 4. The van der Waals surface area contributed by atoms with Crippen LogP contribution in [-0.2, 0) is 60.7 Å². The maximum atomic E-state index is 12.7. The lowest BCUT2D eigenvalue weighted by Gasteiger charge is -2.38. The van der Waals surface area contributed by atoms with Crippen molar-refractivity contribution in [2.75, 3.05) is 71.3 Å². The van der Waals surface area contributed by atoms with Gasteiger partial charge in [0.1, 0.15) is 26.4 Å². The monoisotopic (exact) mass is 861 g/mol. The molecule has 0 saturated carbocycles. The molecule has 1 rings (SSSR count). The molecule has 0 N–H and O–H groups in total. The zero-order valence-corrected chi connectivity index (χ0v) is 39.7. The highest BCUT2D eigenvalue weighted by molar-refractivity contribution is 8.00. The van der Waals surface area contributed by atoms with Gasteiger partial charge in [-0.15, -0.1) is 5.10 Å². The van der Waals surface area contributed by atoms with Gasteiger partial charge in [-0.3, -0.25) is 24.1 Å². The van der Waals surface area contributed by atoms with Gasteiger partial charge in [-0.1, -0.05) is 81.4 Å². The van der Waals surface area contributed by atoms with Crippen LogP contribution in [0.5, 0.6) is 0 Å². The number of hydrogen-bond donors (Lipinski definition) is 0. The van der Waals surface area contributed by atoms with Gasteiger partial charge in [-0.2, -0.15) is 23.5 Å². The van der Waals surface area contributed by atoms with Gasteiger partial charge in [0.2, 0.25) is 0 Å². The first-order chi connectivity index (χ1) is 26.9. The van der Waals surface area contributed by atoms with E-state index in [2.05, 4.69) is 72.6 Å². The minimum atomic E-state index is -0.461. The van der Waals surface area contributed by atoms with Crippen LogP contribution < -0.4 is 0 Å². The first kappa shape index (κ1) is 53.6. The average Bonchev–Trinajstić information content (AvgIpc) is 3.58. The molecule has 16 heteroatoms. The number of ether oxygens (including phenoxy) is 6. The molecule has 0 radical (unpaired) electrons. The van der Waals surface area contributed by atoms with Gasteiger partial charge in [0.05, 0.1) is 55.7 Å². The molecule has 14 nitrogen and oxygen atoms in total. The second kappa shape index (κ2) is 26.0. The van der Waals surface area contributed by atoms with Crippen LogP contribution in [0.25, 0.3) is 0 Å². The quantitative estimate of drug-likeness (QED) is 0.0449. The van der Waals surface area contributed by atoms with Gasteiger partial charge in [0.15, 0.2) is 0 Å². The Hall–Kier alpha value is -2.40. The Morgan fingerprint density at radius 1 is 0.741 bits per heavy atom. The fourth-order valence-corrected chi connectivity index (χ4v) is 7.68. The van der Waals surface area contributed by atoms with Gasteiger partial charge in [0.25, 0.3) is 0 Å². The highest BCUT2D eigenvalue weighted by atomic mass is 32.2. The van der Waals surface area contributed by atoms with Crippen LogP contribution in [-0.4, -0.2) is 130 Å². The summed E-state index contributed by atoms with van der Waals surface area (Å²) in [5.74, 6) is -0.288. The summed E-state index contributed by atoms with van der Waals surface area (Å²) in [6, 6.07) is 0. The fraction of sp³-hybridized carbons (Fsp3) is 0.857. The molecule has 0 amide bonds. The molecule has 0 aromatic carbocycles. The molecule has 2 atom stereocenters.